The summed E-state index contributed by atoms with van der Waals surface area (Å²) < 4.78 is 21.1. The summed E-state index contributed by atoms with van der Waals surface area (Å²) in [5.41, 5.74) is 0.923. The molecular weight excluding hydrogens is 377 g/mol. The SMILES string of the molecule is O=C1OCC[C@@H]1Sc1nnc(-c2ccccc2Cl)n1-c1ccccc1F. The van der Waals surface area contributed by atoms with Crippen LogP contribution < -0.4 is 0 Å². The second-order valence-corrected chi connectivity index (χ2v) is 7.21. The molecule has 2 heterocycles. The van der Waals surface area contributed by atoms with E-state index >= 15 is 0 Å². The average molecular weight is 390 g/mol. The third kappa shape index (κ3) is 3.08. The van der Waals surface area contributed by atoms with Crippen LogP contribution in [-0.4, -0.2) is 32.6 Å². The second-order valence-electron chi connectivity index (χ2n) is 5.64. The molecule has 4 rings (SSSR count). The van der Waals surface area contributed by atoms with E-state index < -0.39 is 5.82 Å². The maximum absolute atomic E-state index is 14.5. The number of ether oxygens (including phenoxy) is 1. The normalized spacial score (nSPS) is 16.7. The van der Waals surface area contributed by atoms with Gasteiger partial charge in [0.05, 0.1) is 17.3 Å². The number of hydrogen-bond donors (Lipinski definition) is 0. The molecule has 0 aliphatic carbocycles. The number of halogens is 2. The highest BCUT2D eigenvalue weighted by molar-refractivity contribution is 8.00. The number of thioether (sulfide) groups is 1. The van der Waals surface area contributed by atoms with Gasteiger partial charge in [0, 0.05) is 12.0 Å². The number of carbonyl (C=O) groups excluding carboxylic acids is 1. The smallest absolute Gasteiger partial charge is 0.319 e. The second kappa shape index (κ2) is 7.09. The van der Waals surface area contributed by atoms with E-state index in [2.05, 4.69) is 10.2 Å². The van der Waals surface area contributed by atoms with E-state index in [0.29, 0.717) is 40.3 Å². The number of hydrogen-bond acceptors (Lipinski definition) is 5. The molecule has 26 heavy (non-hydrogen) atoms. The molecule has 1 aliphatic heterocycles. The van der Waals surface area contributed by atoms with Gasteiger partial charge in [0.2, 0.25) is 0 Å². The molecule has 1 aromatic heterocycles. The average Bonchev–Trinajstić information content (AvgIpc) is 3.23. The van der Waals surface area contributed by atoms with E-state index in [-0.39, 0.29) is 11.2 Å². The first kappa shape index (κ1) is 17.1. The Labute approximate surface area is 158 Å². The zero-order valence-corrected chi connectivity index (χ0v) is 15.0. The number of nitrogens with zero attached hydrogens (tertiary/aromatic N) is 3. The van der Waals surface area contributed by atoms with Gasteiger partial charge >= 0.3 is 5.97 Å². The largest absolute Gasteiger partial charge is 0.465 e. The van der Waals surface area contributed by atoms with Gasteiger partial charge in [0.1, 0.15) is 11.1 Å². The molecule has 8 heteroatoms. The van der Waals surface area contributed by atoms with Crippen LogP contribution in [0.4, 0.5) is 4.39 Å². The Morgan fingerprint density at radius 3 is 2.65 bits per heavy atom. The minimum Gasteiger partial charge on any atom is -0.465 e. The molecule has 0 radical (unpaired) electrons. The third-order valence-corrected chi connectivity index (χ3v) is 5.49. The molecule has 0 saturated carbocycles. The third-order valence-electron chi connectivity index (χ3n) is 3.98. The topological polar surface area (TPSA) is 57.0 Å². The molecule has 0 N–H and O–H groups in total. The zero-order valence-electron chi connectivity index (χ0n) is 13.4. The first-order chi connectivity index (χ1) is 12.6. The van der Waals surface area contributed by atoms with Gasteiger partial charge in [0.25, 0.3) is 0 Å². The molecule has 5 nitrogen and oxygen atoms in total. The Morgan fingerprint density at radius 2 is 1.92 bits per heavy atom. The van der Waals surface area contributed by atoms with Crippen LogP contribution in [0.3, 0.4) is 0 Å². The van der Waals surface area contributed by atoms with Gasteiger partial charge in [-0.3, -0.25) is 9.36 Å². The summed E-state index contributed by atoms with van der Waals surface area (Å²) in [5.74, 6) is -0.302. The van der Waals surface area contributed by atoms with Crippen molar-refractivity contribution in [3.8, 4) is 17.1 Å². The Bertz CT molecular complexity index is 979. The summed E-state index contributed by atoms with van der Waals surface area (Å²) >= 11 is 7.52. The number of esters is 1. The zero-order chi connectivity index (χ0) is 18.1. The summed E-state index contributed by atoms with van der Waals surface area (Å²) in [6.07, 6.45) is 0.578. The van der Waals surface area contributed by atoms with Crippen molar-refractivity contribution >= 4 is 29.3 Å². The van der Waals surface area contributed by atoms with E-state index in [4.69, 9.17) is 16.3 Å². The Hall–Kier alpha value is -2.38. The van der Waals surface area contributed by atoms with Crippen LogP contribution in [0, 0.1) is 5.82 Å². The summed E-state index contributed by atoms with van der Waals surface area (Å²) in [5, 5.41) is 8.92. The lowest BCUT2D eigenvalue weighted by Gasteiger charge is -2.13. The van der Waals surface area contributed by atoms with Gasteiger partial charge in [0.15, 0.2) is 11.0 Å². The summed E-state index contributed by atoms with van der Waals surface area (Å²) in [6.45, 7) is 0.377. The van der Waals surface area contributed by atoms with Crippen LogP contribution >= 0.6 is 23.4 Å². The number of carbonyl (C=O) groups is 1. The van der Waals surface area contributed by atoms with E-state index in [0.717, 1.165) is 0 Å². The molecule has 0 amide bonds. The van der Waals surface area contributed by atoms with Crippen molar-refractivity contribution in [2.45, 2.75) is 16.8 Å². The van der Waals surface area contributed by atoms with Crippen molar-refractivity contribution < 1.29 is 13.9 Å². The molecule has 3 aromatic rings. The van der Waals surface area contributed by atoms with E-state index in [1.807, 2.05) is 6.07 Å². The fourth-order valence-corrected chi connectivity index (χ4v) is 3.96. The Morgan fingerprint density at radius 1 is 1.15 bits per heavy atom. The maximum atomic E-state index is 14.5. The highest BCUT2D eigenvalue weighted by Crippen LogP contribution is 2.35. The highest BCUT2D eigenvalue weighted by atomic mass is 35.5. The van der Waals surface area contributed by atoms with Crippen molar-refractivity contribution in [1.29, 1.82) is 0 Å². The number of benzene rings is 2. The molecule has 2 aromatic carbocycles. The molecule has 1 atom stereocenters. The van der Waals surface area contributed by atoms with Crippen molar-refractivity contribution in [3.05, 3.63) is 59.4 Å². The van der Waals surface area contributed by atoms with Crippen molar-refractivity contribution in [2.75, 3.05) is 6.61 Å². The molecule has 1 saturated heterocycles. The number of para-hydroxylation sites is 1. The Kier molecular flexibility index (Phi) is 4.65. The van der Waals surface area contributed by atoms with Gasteiger partial charge < -0.3 is 4.74 Å². The summed E-state index contributed by atoms with van der Waals surface area (Å²) in [7, 11) is 0. The van der Waals surface area contributed by atoms with Crippen LogP contribution in [0.2, 0.25) is 5.02 Å². The monoisotopic (exact) mass is 389 g/mol. The quantitative estimate of drug-likeness (QED) is 0.628. The van der Waals surface area contributed by atoms with Crippen LogP contribution in [0.15, 0.2) is 53.7 Å². The lowest BCUT2D eigenvalue weighted by molar-refractivity contribution is -0.137. The van der Waals surface area contributed by atoms with Gasteiger partial charge in [-0.1, -0.05) is 47.6 Å². The van der Waals surface area contributed by atoms with E-state index in [9.17, 15) is 9.18 Å². The minimum absolute atomic E-state index is 0.293. The van der Waals surface area contributed by atoms with Crippen LogP contribution in [-0.2, 0) is 9.53 Å². The van der Waals surface area contributed by atoms with E-state index in [1.54, 1.807) is 41.0 Å². The fourth-order valence-electron chi connectivity index (χ4n) is 2.73. The number of aromatic nitrogens is 3. The van der Waals surface area contributed by atoms with Gasteiger partial charge in [-0.25, -0.2) is 4.39 Å². The van der Waals surface area contributed by atoms with Crippen LogP contribution in [0.25, 0.3) is 17.1 Å². The van der Waals surface area contributed by atoms with Crippen LogP contribution in [0.5, 0.6) is 0 Å². The summed E-state index contributed by atoms with van der Waals surface area (Å²) in [4.78, 5) is 11.8. The first-order valence-electron chi connectivity index (χ1n) is 7.93. The predicted octanol–water partition coefficient (Wildman–Crippen LogP) is 4.13. The lowest BCUT2D eigenvalue weighted by atomic mass is 10.2. The molecule has 132 valence electrons. The van der Waals surface area contributed by atoms with Crippen molar-refractivity contribution in [2.24, 2.45) is 0 Å². The van der Waals surface area contributed by atoms with Crippen molar-refractivity contribution in [1.82, 2.24) is 14.8 Å². The first-order valence-corrected chi connectivity index (χ1v) is 9.19. The molecule has 1 fully saturated rings. The molecule has 1 aliphatic rings. The number of rotatable bonds is 4. The fraction of sp³-hybridized carbons (Fsp3) is 0.167. The van der Waals surface area contributed by atoms with Gasteiger partial charge in [-0.05, 0) is 24.3 Å². The van der Waals surface area contributed by atoms with Crippen LogP contribution in [0.1, 0.15) is 6.42 Å². The summed E-state index contributed by atoms with van der Waals surface area (Å²) in [6, 6.07) is 13.5. The van der Waals surface area contributed by atoms with Gasteiger partial charge in [-0.2, -0.15) is 0 Å². The highest BCUT2D eigenvalue weighted by Gasteiger charge is 2.31. The Balaban J connectivity index is 1.86. The van der Waals surface area contributed by atoms with E-state index in [1.165, 1.54) is 17.8 Å². The minimum atomic E-state index is -0.420. The molecule has 0 unspecified atom stereocenters. The predicted molar refractivity (Wildman–Crippen MR) is 97.0 cm³/mol. The lowest BCUT2D eigenvalue weighted by Crippen LogP contribution is -2.11. The maximum Gasteiger partial charge on any atom is 0.319 e. The molecule has 0 spiro atoms. The molecule has 0 bridgehead atoms. The molecular formula is C18H13ClFN3O2S. The van der Waals surface area contributed by atoms with Crippen molar-refractivity contribution in [3.63, 3.8) is 0 Å². The standard InChI is InChI=1S/C18H13ClFN3O2S/c19-12-6-2-1-5-11(12)16-21-22-18(26-15-9-10-25-17(15)24)23(16)14-8-4-3-7-13(14)20/h1-8,15H,9-10H2/t15-/m0/s1. The van der Waals surface area contributed by atoms with Gasteiger partial charge in [-0.15, -0.1) is 10.2 Å². The number of cyclic esters (lactones) is 1.